The molecule has 1 fully saturated rings. The standard InChI is InChI=1S/C20H16Br2N2O4S/c1-24-18(25)16(9-12-8-13(21)10-15(22)17(12)27-2)29-20(24)23-14-6-4-11(5-7-14)19(26)28-3/h4-10H,1-3H3/b16-9-,23-20?. The summed E-state index contributed by atoms with van der Waals surface area (Å²) in [6.07, 6.45) is 1.78. The molecule has 150 valence electrons. The molecule has 9 heteroatoms. The Hall–Kier alpha value is -2.10. The summed E-state index contributed by atoms with van der Waals surface area (Å²) in [4.78, 5) is 30.8. The first-order valence-electron chi connectivity index (χ1n) is 8.31. The maximum absolute atomic E-state index is 12.7. The van der Waals surface area contributed by atoms with Crippen LogP contribution in [0.3, 0.4) is 0 Å². The van der Waals surface area contributed by atoms with E-state index in [-0.39, 0.29) is 5.91 Å². The molecule has 1 heterocycles. The molecule has 0 aromatic heterocycles. The third kappa shape index (κ3) is 4.73. The number of halogens is 2. The second kappa shape index (κ2) is 9.15. The van der Waals surface area contributed by atoms with Crippen molar-refractivity contribution in [2.24, 2.45) is 4.99 Å². The van der Waals surface area contributed by atoms with E-state index < -0.39 is 5.97 Å². The Balaban J connectivity index is 1.91. The van der Waals surface area contributed by atoms with E-state index in [1.54, 1.807) is 44.5 Å². The number of amidine groups is 1. The molecule has 29 heavy (non-hydrogen) atoms. The van der Waals surface area contributed by atoms with Crippen molar-refractivity contribution in [3.8, 4) is 5.75 Å². The van der Waals surface area contributed by atoms with Crippen molar-refractivity contribution < 1.29 is 19.1 Å². The fraction of sp³-hybridized carbons (Fsp3) is 0.150. The fourth-order valence-electron chi connectivity index (χ4n) is 2.60. The summed E-state index contributed by atoms with van der Waals surface area (Å²) in [6.45, 7) is 0. The molecule has 1 saturated heterocycles. The summed E-state index contributed by atoms with van der Waals surface area (Å²) >= 11 is 8.20. The van der Waals surface area contributed by atoms with Gasteiger partial charge < -0.3 is 9.47 Å². The minimum atomic E-state index is -0.411. The Morgan fingerprint density at radius 2 is 1.86 bits per heavy atom. The zero-order valence-electron chi connectivity index (χ0n) is 15.7. The Bertz CT molecular complexity index is 1040. The average molecular weight is 540 g/mol. The molecule has 0 radical (unpaired) electrons. The fourth-order valence-corrected chi connectivity index (χ4v) is 4.99. The molecular weight excluding hydrogens is 524 g/mol. The highest BCUT2D eigenvalue weighted by Gasteiger charge is 2.30. The van der Waals surface area contributed by atoms with E-state index in [0.29, 0.717) is 27.1 Å². The maximum atomic E-state index is 12.7. The van der Waals surface area contributed by atoms with Gasteiger partial charge in [0.1, 0.15) is 5.75 Å². The monoisotopic (exact) mass is 538 g/mol. The van der Waals surface area contributed by atoms with Crippen LogP contribution in [0.4, 0.5) is 5.69 Å². The molecule has 2 aromatic rings. The van der Waals surface area contributed by atoms with E-state index in [2.05, 4.69) is 36.9 Å². The van der Waals surface area contributed by atoms with Crippen molar-refractivity contribution in [3.63, 3.8) is 0 Å². The van der Waals surface area contributed by atoms with Gasteiger partial charge in [0.25, 0.3) is 5.91 Å². The zero-order chi connectivity index (χ0) is 21.1. The Morgan fingerprint density at radius 3 is 2.48 bits per heavy atom. The first kappa shape index (κ1) is 21.6. The number of esters is 1. The zero-order valence-corrected chi connectivity index (χ0v) is 19.7. The third-order valence-electron chi connectivity index (χ3n) is 4.04. The van der Waals surface area contributed by atoms with Gasteiger partial charge in [-0.05, 0) is 70.2 Å². The van der Waals surface area contributed by atoms with Crippen LogP contribution in [0.1, 0.15) is 15.9 Å². The van der Waals surface area contributed by atoms with Gasteiger partial charge >= 0.3 is 5.97 Å². The van der Waals surface area contributed by atoms with E-state index in [9.17, 15) is 9.59 Å². The Morgan fingerprint density at radius 1 is 1.17 bits per heavy atom. The van der Waals surface area contributed by atoms with Crippen molar-refractivity contribution in [2.75, 3.05) is 21.3 Å². The molecule has 6 nitrogen and oxygen atoms in total. The van der Waals surface area contributed by atoms with Crippen LogP contribution in [0.15, 0.2) is 55.2 Å². The predicted octanol–water partition coefficient (Wildman–Crippen LogP) is 5.24. The molecule has 2 aromatic carbocycles. The molecule has 0 N–H and O–H groups in total. The molecule has 3 rings (SSSR count). The number of aliphatic imine (C=N–C) groups is 1. The number of methoxy groups -OCH3 is 2. The summed E-state index contributed by atoms with van der Waals surface area (Å²) in [5.74, 6) is 0.0738. The predicted molar refractivity (Wildman–Crippen MR) is 122 cm³/mol. The van der Waals surface area contributed by atoms with Crippen LogP contribution in [0.5, 0.6) is 5.75 Å². The van der Waals surface area contributed by atoms with E-state index in [0.717, 1.165) is 14.5 Å². The Kier molecular flexibility index (Phi) is 6.81. The molecule has 1 amide bonds. The summed E-state index contributed by atoms with van der Waals surface area (Å²) in [5, 5.41) is 0.542. The number of hydrogen-bond acceptors (Lipinski definition) is 6. The Labute approximate surface area is 189 Å². The number of thioether (sulfide) groups is 1. The average Bonchev–Trinajstić information content (AvgIpc) is 2.95. The second-order valence-electron chi connectivity index (χ2n) is 5.92. The van der Waals surface area contributed by atoms with Gasteiger partial charge in [-0.1, -0.05) is 15.9 Å². The van der Waals surface area contributed by atoms with Crippen molar-refractivity contribution in [2.45, 2.75) is 0 Å². The minimum Gasteiger partial charge on any atom is -0.495 e. The molecular formula is C20H16Br2N2O4S. The summed E-state index contributed by atoms with van der Waals surface area (Å²) < 4.78 is 11.8. The van der Waals surface area contributed by atoms with Crippen LogP contribution < -0.4 is 4.74 Å². The molecule has 0 saturated carbocycles. The normalized spacial score (nSPS) is 16.6. The number of rotatable bonds is 4. The lowest BCUT2D eigenvalue weighted by Gasteiger charge is -2.09. The quantitative estimate of drug-likeness (QED) is 0.392. The van der Waals surface area contributed by atoms with Crippen LogP contribution in [0.25, 0.3) is 6.08 Å². The van der Waals surface area contributed by atoms with Gasteiger partial charge in [-0.15, -0.1) is 0 Å². The van der Waals surface area contributed by atoms with Gasteiger partial charge in [-0.2, -0.15) is 0 Å². The number of ether oxygens (including phenoxy) is 2. The van der Waals surface area contributed by atoms with E-state index in [1.165, 1.54) is 23.8 Å². The highest BCUT2D eigenvalue weighted by molar-refractivity contribution is 9.11. The van der Waals surface area contributed by atoms with Crippen molar-refractivity contribution in [1.29, 1.82) is 0 Å². The molecule has 0 spiro atoms. The lowest BCUT2D eigenvalue weighted by atomic mass is 10.2. The highest BCUT2D eigenvalue weighted by atomic mass is 79.9. The molecule has 0 bridgehead atoms. The summed E-state index contributed by atoms with van der Waals surface area (Å²) in [7, 11) is 4.58. The van der Waals surface area contributed by atoms with Crippen molar-refractivity contribution in [3.05, 3.63) is 61.4 Å². The highest BCUT2D eigenvalue weighted by Crippen LogP contribution is 2.38. The van der Waals surface area contributed by atoms with E-state index in [1.807, 2.05) is 12.1 Å². The molecule has 0 atom stereocenters. The van der Waals surface area contributed by atoms with Gasteiger partial charge in [0, 0.05) is 17.1 Å². The number of benzene rings is 2. The van der Waals surface area contributed by atoms with Crippen LogP contribution >= 0.6 is 43.6 Å². The second-order valence-corrected chi connectivity index (χ2v) is 8.70. The summed E-state index contributed by atoms with van der Waals surface area (Å²) in [5.41, 5.74) is 1.83. The number of carbonyl (C=O) groups is 2. The first-order valence-corrected chi connectivity index (χ1v) is 10.7. The number of nitrogens with zero attached hydrogens (tertiary/aromatic N) is 2. The largest absolute Gasteiger partial charge is 0.495 e. The maximum Gasteiger partial charge on any atom is 0.337 e. The lowest BCUT2D eigenvalue weighted by molar-refractivity contribution is -0.121. The number of amides is 1. The molecule has 0 unspecified atom stereocenters. The number of likely N-dealkylation sites (N-methyl/N-ethyl adjacent to an activating group) is 1. The van der Waals surface area contributed by atoms with Gasteiger partial charge in [-0.25, -0.2) is 9.79 Å². The number of hydrogen-bond donors (Lipinski definition) is 0. The summed E-state index contributed by atoms with van der Waals surface area (Å²) in [6, 6.07) is 10.4. The van der Waals surface area contributed by atoms with Crippen LogP contribution in [0, 0.1) is 0 Å². The molecule has 1 aliphatic heterocycles. The van der Waals surface area contributed by atoms with Gasteiger partial charge in [0.15, 0.2) is 5.17 Å². The first-order chi connectivity index (χ1) is 13.8. The van der Waals surface area contributed by atoms with Crippen LogP contribution in [-0.2, 0) is 9.53 Å². The lowest BCUT2D eigenvalue weighted by Crippen LogP contribution is -2.23. The van der Waals surface area contributed by atoms with Gasteiger partial charge in [0.2, 0.25) is 0 Å². The van der Waals surface area contributed by atoms with E-state index in [4.69, 9.17) is 9.47 Å². The van der Waals surface area contributed by atoms with E-state index >= 15 is 0 Å². The SMILES string of the molecule is COC(=O)c1ccc(N=C2S/C(=C\c3cc(Br)cc(Br)c3OC)C(=O)N2C)cc1. The minimum absolute atomic E-state index is 0.155. The van der Waals surface area contributed by atoms with Crippen LogP contribution in [-0.4, -0.2) is 43.2 Å². The molecule has 1 aliphatic rings. The van der Waals surface area contributed by atoms with Gasteiger partial charge in [0.05, 0.1) is 34.8 Å². The van der Waals surface area contributed by atoms with Gasteiger partial charge in [-0.3, -0.25) is 9.69 Å². The molecule has 0 aliphatic carbocycles. The smallest absolute Gasteiger partial charge is 0.337 e. The van der Waals surface area contributed by atoms with Crippen molar-refractivity contribution >= 4 is 72.4 Å². The third-order valence-corrected chi connectivity index (χ3v) is 6.15. The van der Waals surface area contributed by atoms with Crippen LogP contribution in [0.2, 0.25) is 0 Å². The topological polar surface area (TPSA) is 68.2 Å². The van der Waals surface area contributed by atoms with Crippen molar-refractivity contribution in [1.82, 2.24) is 4.90 Å². The number of carbonyl (C=O) groups excluding carboxylic acids is 2.